The summed E-state index contributed by atoms with van der Waals surface area (Å²) in [6, 6.07) is 0. The highest BCUT2D eigenvalue weighted by atomic mass is 16.5. The Morgan fingerprint density at radius 2 is 2.10 bits per heavy atom. The Bertz CT molecular complexity index is 112. The highest BCUT2D eigenvalue weighted by Crippen LogP contribution is 1.97. The van der Waals surface area contributed by atoms with Gasteiger partial charge in [-0.1, -0.05) is 0 Å². The number of amides is 1. The summed E-state index contributed by atoms with van der Waals surface area (Å²) in [5.41, 5.74) is 0. The van der Waals surface area contributed by atoms with Crippen LogP contribution in [0.2, 0.25) is 0 Å². The molecule has 0 aliphatic carbocycles. The summed E-state index contributed by atoms with van der Waals surface area (Å²) in [7, 11) is 5.09. The summed E-state index contributed by atoms with van der Waals surface area (Å²) < 4.78 is 4.92. The molecule has 0 aliphatic rings. The Balaban J connectivity index is 3.57. The average Bonchev–Trinajstić information content (AvgIpc) is 1.87. The van der Waals surface area contributed by atoms with Gasteiger partial charge in [-0.25, -0.2) is 0 Å². The van der Waals surface area contributed by atoms with Crippen molar-refractivity contribution in [2.24, 2.45) is 0 Å². The van der Waals surface area contributed by atoms with Gasteiger partial charge in [0.05, 0.1) is 12.5 Å². The van der Waals surface area contributed by atoms with E-state index in [2.05, 4.69) is 0 Å². The van der Waals surface area contributed by atoms with E-state index in [1.165, 1.54) is 0 Å². The molecule has 10 heavy (non-hydrogen) atoms. The summed E-state index contributed by atoms with van der Waals surface area (Å²) in [5, 5.41) is 0. The monoisotopic (exact) mass is 145 g/mol. The van der Waals surface area contributed by atoms with Crippen molar-refractivity contribution in [3.8, 4) is 0 Å². The minimum atomic E-state index is 0.0231. The van der Waals surface area contributed by atoms with Crippen molar-refractivity contribution in [1.29, 1.82) is 0 Å². The number of carbonyl (C=O) groups excluding carboxylic acids is 1. The highest BCUT2D eigenvalue weighted by Gasteiger charge is 2.08. The van der Waals surface area contributed by atoms with Gasteiger partial charge in [0.25, 0.3) is 0 Å². The summed E-state index contributed by atoms with van der Waals surface area (Å²) in [6.45, 7) is 1.88. The summed E-state index contributed by atoms with van der Waals surface area (Å²) in [5.74, 6) is 0.106. The second-order valence-electron chi connectivity index (χ2n) is 2.54. The van der Waals surface area contributed by atoms with Gasteiger partial charge < -0.3 is 9.64 Å². The van der Waals surface area contributed by atoms with Crippen molar-refractivity contribution in [2.45, 2.75) is 19.4 Å². The third kappa shape index (κ3) is 3.45. The van der Waals surface area contributed by atoms with E-state index in [1.54, 1.807) is 26.1 Å². The number of rotatable bonds is 3. The molecular formula is C7H15NO2. The lowest BCUT2D eigenvalue weighted by Gasteiger charge is -2.13. The summed E-state index contributed by atoms with van der Waals surface area (Å²) in [4.78, 5) is 12.5. The predicted molar refractivity (Wildman–Crippen MR) is 39.8 cm³/mol. The van der Waals surface area contributed by atoms with Gasteiger partial charge in [0.1, 0.15) is 0 Å². The van der Waals surface area contributed by atoms with Crippen LogP contribution in [0.15, 0.2) is 0 Å². The lowest BCUT2D eigenvalue weighted by Crippen LogP contribution is -2.25. The molecule has 0 saturated carbocycles. The molecule has 0 aromatic rings. The van der Waals surface area contributed by atoms with Crippen molar-refractivity contribution in [2.75, 3.05) is 21.2 Å². The van der Waals surface area contributed by atoms with Crippen molar-refractivity contribution in [3.63, 3.8) is 0 Å². The maximum Gasteiger partial charge on any atom is 0.224 e. The molecule has 0 N–H and O–H groups in total. The molecule has 60 valence electrons. The van der Waals surface area contributed by atoms with Crippen molar-refractivity contribution < 1.29 is 9.53 Å². The fourth-order valence-corrected chi connectivity index (χ4v) is 0.512. The van der Waals surface area contributed by atoms with Gasteiger partial charge in [0.15, 0.2) is 0 Å². The Hall–Kier alpha value is -0.570. The van der Waals surface area contributed by atoms with Gasteiger partial charge in [-0.3, -0.25) is 4.79 Å². The van der Waals surface area contributed by atoms with Crippen LogP contribution < -0.4 is 0 Å². The Labute approximate surface area is 62.0 Å². The van der Waals surface area contributed by atoms with E-state index in [-0.39, 0.29) is 12.0 Å². The first-order valence-electron chi connectivity index (χ1n) is 3.31. The Morgan fingerprint density at radius 1 is 1.60 bits per heavy atom. The molecule has 0 fully saturated rings. The molecule has 0 aromatic carbocycles. The van der Waals surface area contributed by atoms with Crippen LogP contribution in [-0.2, 0) is 9.53 Å². The normalized spacial score (nSPS) is 12.8. The Kier molecular flexibility index (Phi) is 4.03. The fourth-order valence-electron chi connectivity index (χ4n) is 0.512. The lowest BCUT2D eigenvalue weighted by atomic mass is 10.2. The molecule has 0 aromatic heterocycles. The first kappa shape index (κ1) is 9.43. The molecule has 1 atom stereocenters. The zero-order valence-electron chi connectivity index (χ0n) is 7.05. The molecular weight excluding hydrogens is 130 g/mol. The van der Waals surface area contributed by atoms with Gasteiger partial charge in [0, 0.05) is 21.2 Å². The maximum atomic E-state index is 11.0. The lowest BCUT2D eigenvalue weighted by molar-refractivity contribution is -0.130. The number of ether oxygens (including phenoxy) is 1. The van der Waals surface area contributed by atoms with E-state index in [0.29, 0.717) is 6.42 Å². The zero-order valence-corrected chi connectivity index (χ0v) is 7.05. The van der Waals surface area contributed by atoms with Crippen LogP contribution in [0.25, 0.3) is 0 Å². The van der Waals surface area contributed by atoms with Crippen molar-refractivity contribution >= 4 is 5.91 Å². The van der Waals surface area contributed by atoms with Crippen LogP contribution >= 0.6 is 0 Å². The SMILES string of the molecule is CO[C@H](C)CC(=O)N(C)C. The first-order chi connectivity index (χ1) is 4.57. The average molecular weight is 145 g/mol. The largest absolute Gasteiger partial charge is 0.381 e. The van der Waals surface area contributed by atoms with E-state index in [4.69, 9.17) is 4.74 Å². The number of methoxy groups -OCH3 is 1. The van der Waals surface area contributed by atoms with E-state index in [9.17, 15) is 4.79 Å². The third-order valence-corrected chi connectivity index (χ3v) is 1.36. The Morgan fingerprint density at radius 3 is 2.40 bits per heavy atom. The molecule has 0 spiro atoms. The molecule has 3 nitrogen and oxygen atoms in total. The summed E-state index contributed by atoms with van der Waals surface area (Å²) in [6.07, 6.45) is 0.485. The maximum absolute atomic E-state index is 11.0. The van der Waals surface area contributed by atoms with E-state index in [1.807, 2.05) is 6.92 Å². The van der Waals surface area contributed by atoms with Gasteiger partial charge >= 0.3 is 0 Å². The zero-order chi connectivity index (χ0) is 8.15. The van der Waals surface area contributed by atoms with Crippen molar-refractivity contribution in [3.05, 3.63) is 0 Å². The molecule has 0 saturated heterocycles. The third-order valence-electron chi connectivity index (χ3n) is 1.36. The summed E-state index contributed by atoms with van der Waals surface area (Å²) >= 11 is 0. The van der Waals surface area contributed by atoms with Crippen LogP contribution in [0.5, 0.6) is 0 Å². The standard InChI is InChI=1S/C7H15NO2/c1-6(10-4)5-7(9)8(2)3/h6H,5H2,1-4H3/t6-/m1/s1. The number of carbonyl (C=O) groups is 1. The molecule has 3 heteroatoms. The molecule has 0 rings (SSSR count). The van der Waals surface area contributed by atoms with Crippen molar-refractivity contribution in [1.82, 2.24) is 4.90 Å². The topological polar surface area (TPSA) is 29.5 Å². The number of hydrogen-bond donors (Lipinski definition) is 0. The van der Waals surface area contributed by atoms with E-state index in [0.717, 1.165) is 0 Å². The van der Waals surface area contributed by atoms with Gasteiger partial charge in [0.2, 0.25) is 5.91 Å². The van der Waals surface area contributed by atoms with E-state index >= 15 is 0 Å². The van der Waals surface area contributed by atoms with Gasteiger partial charge in [-0.05, 0) is 6.92 Å². The molecule has 1 amide bonds. The highest BCUT2D eigenvalue weighted by molar-refractivity contribution is 5.75. The molecule has 0 unspecified atom stereocenters. The minimum absolute atomic E-state index is 0.0231. The van der Waals surface area contributed by atoms with Crippen LogP contribution in [-0.4, -0.2) is 38.1 Å². The molecule has 0 radical (unpaired) electrons. The van der Waals surface area contributed by atoms with Crippen LogP contribution in [0.1, 0.15) is 13.3 Å². The van der Waals surface area contributed by atoms with Crippen LogP contribution in [0, 0.1) is 0 Å². The minimum Gasteiger partial charge on any atom is -0.381 e. The molecule has 0 heterocycles. The van der Waals surface area contributed by atoms with Crippen LogP contribution in [0.4, 0.5) is 0 Å². The molecule has 0 aliphatic heterocycles. The molecule has 0 bridgehead atoms. The smallest absolute Gasteiger partial charge is 0.224 e. The number of hydrogen-bond acceptors (Lipinski definition) is 2. The fraction of sp³-hybridized carbons (Fsp3) is 0.857. The second-order valence-corrected chi connectivity index (χ2v) is 2.54. The van der Waals surface area contributed by atoms with E-state index < -0.39 is 0 Å². The second kappa shape index (κ2) is 4.28. The quantitative estimate of drug-likeness (QED) is 0.578. The van der Waals surface area contributed by atoms with Gasteiger partial charge in [-0.2, -0.15) is 0 Å². The number of nitrogens with zero attached hydrogens (tertiary/aromatic N) is 1. The van der Waals surface area contributed by atoms with Crippen LogP contribution in [0.3, 0.4) is 0 Å². The van der Waals surface area contributed by atoms with Gasteiger partial charge in [-0.15, -0.1) is 0 Å². The first-order valence-corrected chi connectivity index (χ1v) is 3.31. The predicted octanol–water partition coefficient (Wildman–Crippen LogP) is 0.500.